The van der Waals surface area contributed by atoms with Crippen molar-refractivity contribution in [3.05, 3.63) is 0 Å². The average Bonchev–Trinajstić information content (AvgIpc) is 2.15. The van der Waals surface area contributed by atoms with E-state index in [4.69, 9.17) is 10.8 Å². The molecule has 5 N–H and O–H groups in total. The Labute approximate surface area is 99.7 Å². The monoisotopic (exact) mass is 245 g/mol. The van der Waals surface area contributed by atoms with E-state index in [-0.39, 0.29) is 5.92 Å². The van der Waals surface area contributed by atoms with Gasteiger partial charge in [-0.3, -0.25) is 4.79 Å². The van der Waals surface area contributed by atoms with Crippen LogP contribution in [0.3, 0.4) is 0 Å². The lowest BCUT2D eigenvalue weighted by Crippen LogP contribution is -2.51. The number of primary amides is 1. The van der Waals surface area contributed by atoms with Crippen molar-refractivity contribution in [2.24, 2.45) is 11.7 Å². The van der Waals surface area contributed by atoms with Crippen LogP contribution in [0.4, 0.5) is 4.79 Å². The number of urea groups is 1. The van der Waals surface area contributed by atoms with Crippen LogP contribution in [0.2, 0.25) is 0 Å². The highest BCUT2D eigenvalue weighted by Gasteiger charge is 2.22. The molecular weight excluding hydrogens is 226 g/mol. The minimum atomic E-state index is -1.11. The summed E-state index contributed by atoms with van der Waals surface area (Å²) in [6.07, 6.45) is 0.313. The number of nitrogens with one attached hydrogen (secondary N) is 2. The van der Waals surface area contributed by atoms with Gasteiger partial charge in [-0.25, -0.2) is 9.59 Å². The molecule has 0 saturated carbocycles. The molecule has 7 nitrogen and oxygen atoms in total. The molecule has 98 valence electrons. The molecule has 0 aromatic carbocycles. The number of rotatable bonds is 6. The number of carboxylic acids is 1. The predicted molar refractivity (Wildman–Crippen MR) is 61.2 cm³/mol. The number of hydrogen-bond acceptors (Lipinski definition) is 3. The first-order valence-corrected chi connectivity index (χ1v) is 5.33. The van der Waals surface area contributed by atoms with E-state index in [9.17, 15) is 14.4 Å². The summed E-state index contributed by atoms with van der Waals surface area (Å²) < 4.78 is 0. The maximum absolute atomic E-state index is 11.4. The molecule has 7 heteroatoms. The lowest BCUT2D eigenvalue weighted by atomic mass is 10.0. The van der Waals surface area contributed by atoms with Crippen LogP contribution in [-0.4, -0.2) is 35.1 Å². The minimum absolute atomic E-state index is 0.130. The van der Waals surface area contributed by atoms with Gasteiger partial charge in [-0.15, -0.1) is 0 Å². The van der Waals surface area contributed by atoms with Crippen LogP contribution in [0.15, 0.2) is 0 Å². The van der Waals surface area contributed by atoms with E-state index in [0.717, 1.165) is 0 Å². The fourth-order valence-electron chi connectivity index (χ4n) is 1.16. The van der Waals surface area contributed by atoms with Crippen molar-refractivity contribution < 1.29 is 19.5 Å². The van der Waals surface area contributed by atoms with Crippen molar-refractivity contribution in [1.82, 2.24) is 10.6 Å². The third kappa shape index (κ3) is 6.39. The molecule has 0 radical (unpaired) electrons. The second kappa shape index (κ2) is 6.72. The summed E-state index contributed by atoms with van der Waals surface area (Å²) >= 11 is 0. The molecule has 1 unspecified atom stereocenters. The first-order chi connectivity index (χ1) is 7.73. The fraction of sp³-hybridized carbons (Fsp3) is 0.700. The van der Waals surface area contributed by atoms with Gasteiger partial charge in [-0.1, -0.05) is 13.8 Å². The van der Waals surface area contributed by atoms with E-state index >= 15 is 0 Å². The maximum atomic E-state index is 11.4. The van der Waals surface area contributed by atoms with E-state index < -0.39 is 30.0 Å². The van der Waals surface area contributed by atoms with Gasteiger partial charge in [0, 0.05) is 0 Å². The van der Waals surface area contributed by atoms with E-state index in [1.807, 2.05) is 13.8 Å². The van der Waals surface area contributed by atoms with Crippen LogP contribution < -0.4 is 16.4 Å². The Hall–Kier alpha value is -1.79. The predicted octanol–water partition coefficient (Wildman–Crippen LogP) is -0.341. The first-order valence-electron chi connectivity index (χ1n) is 5.33. The first kappa shape index (κ1) is 15.2. The molecule has 0 rings (SSSR count). The number of carbonyl (C=O) groups excluding carboxylic acids is 2. The average molecular weight is 245 g/mol. The molecule has 0 aromatic rings. The van der Waals surface area contributed by atoms with Crippen molar-refractivity contribution >= 4 is 17.9 Å². The second-order valence-electron chi connectivity index (χ2n) is 4.26. The van der Waals surface area contributed by atoms with Crippen LogP contribution >= 0.6 is 0 Å². The van der Waals surface area contributed by atoms with Gasteiger partial charge in [0.1, 0.15) is 12.1 Å². The zero-order chi connectivity index (χ0) is 13.6. The van der Waals surface area contributed by atoms with E-state index in [1.165, 1.54) is 6.92 Å². The van der Waals surface area contributed by atoms with Gasteiger partial charge >= 0.3 is 12.0 Å². The van der Waals surface area contributed by atoms with Gasteiger partial charge in [0.2, 0.25) is 5.91 Å². The molecule has 2 atom stereocenters. The topological polar surface area (TPSA) is 122 Å². The Bertz CT molecular complexity index is 304. The van der Waals surface area contributed by atoms with E-state index in [1.54, 1.807) is 0 Å². The van der Waals surface area contributed by atoms with Crippen LogP contribution in [0.1, 0.15) is 27.2 Å². The lowest BCUT2D eigenvalue weighted by molar-refractivity contribution is -0.139. The molecule has 0 aliphatic heterocycles. The number of hydrogen-bond donors (Lipinski definition) is 4. The SMILES string of the molecule is CC(C)C[C@H](NC(=O)NC(C)C(N)=O)C(=O)O. The Morgan fingerprint density at radius 1 is 1.18 bits per heavy atom. The number of aliphatic carboxylic acids is 1. The molecule has 0 aliphatic rings. The van der Waals surface area contributed by atoms with Crippen LogP contribution in [0, 0.1) is 5.92 Å². The van der Waals surface area contributed by atoms with Gasteiger partial charge in [0.05, 0.1) is 0 Å². The summed E-state index contributed by atoms with van der Waals surface area (Å²) in [6.45, 7) is 5.11. The molecule has 0 spiro atoms. The number of nitrogens with two attached hydrogens (primary N) is 1. The van der Waals surface area contributed by atoms with Crippen LogP contribution in [0.5, 0.6) is 0 Å². The molecule has 0 saturated heterocycles. The van der Waals surface area contributed by atoms with E-state index in [0.29, 0.717) is 6.42 Å². The second-order valence-corrected chi connectivity index (χ2v) is 4.26. The normalized spacial score (nSPS) is 13.9. The largest absolute Gasteiger partial charge is 0.480 e. The number of carboxylic acid groups (broad SMARTS) is 1. The Kier molecular flexibility index (Phi) is 6.01. The van der Waals surface area contributed by atoms with Crippen LogP contribution in [0.25, 0.3) is 0 Å². The number of amides is 3. The molecule has 17 heavy (non-hydrogen) atoms. The standard InChI is InChI=1S/C10H19N3O4/c1-5(2)4-7(9(15)16)13-10(17)12-6(3)8(11)14/h5-7H,4H2,1-3H3,(H2,11,14)(H,15,16)(H2,12,13,17)/t6?,7-/m0/s1. The van der Waals surface area contributed by atoms with Gasteiger partial charge in [-0.2, -0.15) is 0 Å². The lowest BCUT2D eigenvalue weighted by Gasteiger charge is -2.18. The summed E-state index contributed by atoms with van der Waals surface area (Å²) in [6, 6.07) is -2.54. The smallest absolute Gasteiger partial charge is 0.326 e. The molecule has 0 bridgehead atoms. The van der Waals surface area contributed by atoms with Crippen molar-refractivity contribution in [1.29, 1.82) is 0 Å². The molecule has 3 amide bonds. The van der Waals surface area contributed by atoms with Gasteiger partial charge in [0.15, 0.2) is 0 Å². The summed E-state index contributed by atoms with van der Waals surface area (Å²) in [5.74, 6) is -1.67. The summed E-state index contributed by atoms with van der Waals surface area (Å²) in [5, 5.41) is 13.4. The summed E-state index contributed by atoms with van der Waals surface area (Å²) in [7, 11) is 0. The third-order valence-electron chi connectivity index (χ3n) is 2.08. The molecule has 0 aromatic heterocycles. The zero-order valence-corrected chi connectivity index (χ0v) is 10.2. The molecule has 0 aliphatic carbocycles. The summed E-state index contributed by atoms with van der Waals surface area (Å²) in [5.41, 5.74) is 4.96. The van der Waals surface area contributed by atoms with Crippen LogP contribution in [-0.2, 0) is 9.59 Å². The van der Waals surface area contributed by atoms with E-state index in [2.05, 4.69) is 10.6 Å². The number of carbonyl (C=O) groups is 3. The Balaban J connectivity index is 4.31. The summed E-state index contributed by atoms with van der Waals surface area (Å²) in [4.78, 5) is 32.9. The molecule has 0 fully saturated rings. The maximum Gasteiger partial charge on any atom is 0.326 e. The van der Waals surface area contributed by atoms with Crippen molar-refractivity contribution in [2.75, 3.05) is 0 Å². The quantitative estimate of drug-likeness (QED) is 0.511. The van der Waals surface area contributed by atoms with Gasteiger partial charge in [0.25, 0.3) is 0 Å². The highest BCUT2D eigenvalue weighted by molar-refractivity contribution is 5.87. The van der Waals surface area contributed by atoms with Crippen molar-refractivity contribution in [3.63, 3.8) is 0 Å². The van der Waals surface area contributed by atoms with Crippen molar-refractivity contribution in [2.45, 2.75) is 39.3 Å². The highest BCUT2D eigenvalue weighted by Crippen LogP contribution is 2.04. The Morgan fingerprint density at radius 3 is 2.06 bits per heavy atom. The molecular formula is C10H19N3O4. The fourth-order valence-corrected chi connectivity index (χ4v) is 1.16. The molecule has 0 heterocycles. The van der Waals surface area contributed by atoms with Gasteiger partial charge in [-0.05, 0) is 19.3 Å². The van der Waals surface area contributed by atoms with Gasteiger partial charge < -0.3 is 21.5 Å². The highest BCUT2D eigenvalue weighted by atomic mass is 16.4. The van der Waals surface area contributed by atoms with Crippen molar-refractivity contribution in [3.8, 4) is 0 Å². The minimum Gasteiger partial charge on any atom is -0.480 e. The third-order valence-corrected chi connectivity index (χ3v) is 2.08. The Morgan fingerprint density at radius 2 is 1.71 bits per heavy atom. The zero-order valence-electron chi connectivity index (χ0n) is 10.2.